The van der Waals surface area contributed by atoms with Gasteiger partial charge in [-0.3, -0.25) is 14.8 Å². The SMILES string of the molecule is CCc1c(Cc2ccncc2C(F)(F)F)nc2cc(C(=O)NCc3ccc(S(=O)(=O)CC)cn3)ccn12. The molecular formula is C25H24F3N5O3S. The first-order valence-electron chi connectivity index (χ1n) is 11.5. The summed E-state index contributed by atoms with van der Waals surface area (Å²) in [5.74, 6) is -0.431. The summed E-state index contributed by atoms with van der Waals surface area (Å²) in [6.07, 6.45) is 1.03. The Morgan fingerprint density at radius 2 is 1.89 bits per heavy atom. The zero-order chi connectivity index (χ0) is 26.8. The highest BCUT2D eigenvalue weighted by molar-refractivity contribution is 7.91. The van der Waals surface area contributed by atoms with Gasteiger partial charge in [0.1, 0.15) is 5.65 Å². The summed E-state index contributed by atoms with van der Waals surface area (Å²) in [6, 6.07) is 7.49. The van der Waals surface area contributed by atoms with E-state index in [4.69, 9.17) is 0 Å². The Labute approximate surface area is 211 Å². The highest BCUT2D eigenvalue weighted by Crippen LogP contribution is 2.32. The van der Waals surface area contributed by atoms with Gasteiger partial charge in [0.25, 0.3) is 5.91 Å². The van der Waals surface area contributed by atoms with Crippen molar-refractivity contribution >= 4 is 21.4 Å². The number of nitrogens with one attached hydrogen (secondary N) is 1. The third-order valence-electron chi connectivity index (χ3n) is 5.95. The van der Waals surface area contributed by atoms with E-state index in [-0.39, 0.29) is 29.2 Å². The van der Waals surface area contributed by atoms with E-state index in [1.807, 2.05) is 6.92 Å². The predicted octanol–water partition coefficient (Wildman–Crippen LogP) is 4.02. The van der Waals surface area contributed by atoms with Gasteiger partial charge in [0.2, 0.25) is 0 Å². The molecule has 8 nitrogen and oxygen atoms in total. The molecule has 4 heterocycles. The van der Waals surface area contributed by atoms with E-state index < -0.39 is 27.5 Å². The molecule has 4 aromatic rings. The number of carbonyl (C=O) groups excluding carboxylic acids is 1. The average molecular weight is 532 g/mol. The van der Waals surface area contributed by atoms with Crippen LogP contribution in [0.4, 0.5) is 13.2 Å². The second-order valence-corrected chi connectivity index (χ2v) is 10.6. The van der Waals surface area contributed by atoms with Gasteiger partial charge in [-0.15, -0.1) is 0 Å². The number of nitrogens with zero attached hydrogens (tertiary/aromatic N) is 4. The van der Waals surface area contributed by atoms with E-state index in [0.29, 0.717) is 29.0 Å². The second-order valence-electron chi connectivity index (χ2n) is 8.28. The van der Waals surface area contributed by atoms with E-state index >= 15 is 0 Å². The molecular weight excluding hydrogens is 507 g/mol. The topological polar surface area (TPSA) is 106 Å². The fourth-order valence-corrected chi connectivity index (χ4v) is 4.78. The molecule has 0 radical (unpaired) electrons. The van der Waals surface area contributed by atoms with E-state index in [9.17, 15) is 26.4 Å². The van der Waals surface area contributed by atoms with Gasteiger partial charge in [0.05, 0.1) is 34.1 Å². The average Bonchev–Trinajstić information content (AvgIpc) is 3.23. The molecule has 0 aliphatic heterocycles. The Bertz CT molecular complexity index is 1550. The van der Waals surface area contributed by atoms with Crippen LogP contribution in [0.5, 0.6) is 0 Å². The lowest BCUT2D eigenvalue weighted by atomic mass is 10.0. The van der Waals surface area contributed by atoms with Gasteiger partial charge in [-0.1, -0.05) is 13.8 Å². The molecule has 0 saturated carbocycles. The summed E-state index contributed by atoms with van der Waals surface area (Å²) in [5.41, 5.74) is 1.75. The lowest BCUT2D eigenvalue weighted by Crippen LogP contribution is -2.23. The molecule has 37 heavy (non-hydrogen) atoms. The minimum atomic E-state index is -4.53. The molecule has 0 bridgehead atoms. The number of halogens is 3. The number of aromatic nitrogens is 4. The van der Waals surface area contributed by atoms with Gasteiger partial charge in [0.15, 0.2) is 9.84 Å². The maximum Gasteiger partial charge on any atom is 0.418 e. The summed E-state index contributed by atoms with van der Waals surface area (Å²) in [7, 11) is -3.36. The number of hydrogen-bond donors (Lipinski definition) is 1. The van der Waals surface area contributed by atoms with E-state index in [0.717, 1.165) is 11.9 Å². The summed E-state index contributed by atoms with van der Waals surface area (Å²) in [4.78, 5) is 25.1. The zero-order valence-corrected chi connectivity index (χ0v) is 20.9. The molecule has 194 valence electrons. The molecule has 4 aromatic heterocycles. The summed E-state index contributed by atoms with van der Waals surface area (Å²) >= 11 is 0. The fourth-order valence-electron chi connectivity index (χ4n) is 3.95. The molecule has 0 aliphatic rings. The maximum absolute atomic E-state index is 13.4. The number of pyridine rings is 3. The first kappa shape index (κ1) is 26.3. The zero-order valence-electron chi connectivity index (χ0n) is 20.1. The number of fused-ring (bicyclic) bond motifs is 1. The highest BCUT2D eigenvalue weighted by Gasteiger charge is 2.34. The van der Waals surface area contributed by atoms with Crippen LogP contribution in [0.2, 0.25) is 0 Å². The third kappa shape index (κ3) is 5.63. The van der Waals surface area contributed by atoms with Crippen LogP contribution in [0.3, 0.4) is 0 Å². The van der Waals surface area contributed by atoms with Gasteiger partial charge in [0, 0.05) is 42.5 Å². The minimum absolute atomic E-state index is 0.0286. The minimum Gasteiger partial charge on any atom is -0.346 e. The van der Waals surface area contributed by atoms with E-state index in [1.54, 1.807) is 29.7 Å². The molecule has 0 atom stereocenters. The van der Waals surface area contributed by atoms with Crippen molar-refractivity contribution in [1.82, 2.24) is 24.7 Å². The number of aryl methyl sites for hydroxylation is 1. The Morgan fingerprint density at radius 1 is 1.11 bits per heavy atom. The Hall–Kier alpha value is -3.80. The monoisotopic (exact) mass is 531 g/mol. The summed E-state index contributed by atoms with van der Waals surface area (Å²) < 4.78 is 65.8. The molecule has 0 aromatic carbocycles. The van der Waals surface area contributed by atoms with Crippen molar-refractivity contribution < 1.29 is 26.4 Å². The van der Waals surface area contributed by atoms with Crippen molar-refractivity contribution in [3.8, 4) is 0 Å². The summed E-state index contributed by atoms with van der Waals surface area (Å²) in [6.45, 7) is 3.51. The standard InChI is InChI=1S/C25H24F3N5O3S/c1-3-22-21(11-16-7-9-29-15-20(16)25(26,27)28)32-23-12-17(8-10-33(22)23)24(34)31-13-18-5-6-19(14-30-18)37(35,36)4-2/h5-10,12,14-15H,3-4,11,13H2,1-2H3,(H,31,34). The van der Waals surface area contributed by atoms with Crippen LogP contribution in [-0.2, 0) is 35.4 Å². The lowest BCUT2D eigenvalue weighted by Gasteiger charge is -2.11. The molecule has 1 amide bonds. The Kier molecular flexibility index (Phi) is 7.30. The number of amides is 1. The van der Waals surface area contributed by atoms with Crippen LogP contribution in [0.1, 0.15) is 52.4 Å². The first-order chi connectivity index (χ1) is 17.5. The van der Waals surface area contributed by atoms with E-state index in [1.165, 1.54) is 30.6 Å². The van der Waals surface area contributed by atoms with Gasteiger partial charge in [-0.05, 0) is 42.3 Å². The normalized spacial score (nSPS) is 12.1. The van der Waals surface area contributed by atoms with Gasteiger partial charge >= 0.3 is 6.18 Å². The van der Waals surface area contributed by atoms with Crippen LogP contribution >= 0.6 is 0 Å². The van der Waals surface area contributed by atoms with E-state index in [2.05, 4.69) is 20.3 Å². The first-order valence-corrected chi connectivity index (χ1v) is 13.1. The second kappa shape index (κ2) is 10.3. The van der Waals surface area contributed by atoms with Crippen LogP contribution in [0.25, 0.3) is 5.65 Å². The van der Waals surface area contributed by atoms with Gasteiger partial charge in [-0.2, -0.15) is 13.2 Å². The van der Waals surface area contributed by atoms with Crippen molar-refractivity contribution in [2.24, 2.45) is 0 Å². The highest BCUT2D eigenvalue weighted by atomic mass is 32.2. The van der Waals surface area contributed by atoms with Crippen molar-refractivity contribution in [1.29, 1.82) is 0 Å². The fraction of sp³-hybridized carbons (Fsp3) is 0.280. The van der Waals surface area contributed by atoms with Crippen molar-refractivity contribution in [3.63, 3.8) is 0 Å². The Balaban J connectivity index is 1.54. The van der Waals surface area contributed by atoms with Crippen molar-refractivity contribution in [2.75, 3.05) is 5.75 Å². The Morgan fingerprint density at radius 3 is 2.54 bits per heavy atom. The smallest absolute Gasteiger partial charge is 0.346 e. The maximum atomic E-state index is 13.4. The molecule has 12 heteroatoms. The van der Waals surface area contributed by atoms with Crippen LogP contribution in [-0.4, -0.2) is 39.4 Å². The molecule has 0 fully saturated rings. The molecule has 0 aliphatic carbocycles. The molecule has 1 N–H and O–H groups in total. The number of carbonyl (C=O) groups is 1. The van der Waals surface area contributed by atoms with Gasteiger partial charge in [-0.25, -0.2) is 13.4 Å². The number of alkyl halides is 3. The number of sulfone groups is 1. The number of rotatable bonds is 8. The molecule has 0 spiro atoms. The largest absolute Gasteiger partial charge is 0.418 e. The summed E-state index contributed by atoms with van der Waals surface area (Å²) in [5, 5.41) is 2.73. The predicted molar refractivity (Wildman–Crippen MR) is 130 cm³/mol. The number of imidazole rings is 1. The van der Waals surface area contributed by atoms with Crippen molar-refractivity contribution in [3.05, 3.63) is 88.9 Å². The van der Waals surface area contributed by atoms with Gasteiger partial charge < -0.3 is 9.72 Å². The molecule has 4 rings (SSSR count). The van der Waals surface area contributed by atoms with Crippen LogP contribution < -0.4 is 5.32 Å². The quantitative estimate of drug-likeness (QED) is 0.368. The third-order valence-corrected chi connectivity index (χ3v) is 7.67. The molecule has 0 unspecified atom stereocenters. The van der Waals surface area contributed by atoms with Crippen LogP contribution in [0, 0.1) is 0 Å². The van der Waals surface area contributed by atoms with Crippen molar-refractivity contribution in [2.45, 2.75) is 44.3 Å². The number of hydrogen-bond acceptors (Lipinski definition) is 6. The lowest BCUT2D eigenvalue weighted by molar-refractivity contribution is -0.138. The van der Waals surface area contributed by atoms with Crippen LogP contribution in [0.15, 0.2) is 60.0 Å². The molecule has 0 saturated heterocycles.